The van der Waals surface area contributed by atoms with Crippen LogP contribution < -0.4 is 0 Å². The number of aryl methyl sites for hydroxylation is 4. The van der Waals surface area contributed by atoms with Gasteiger partial charge in [-0.3, -0.25) is 4.68 Å². The van der Waals surface area contributed by atoms with Crippen LogP contribution in [0.15, 0.2) is 36.7 Å². The lowest BCUT2D eigenvalue weighted by Gasteiger charge is -2.05. The zero-order valence-corrected chi connectivity index (χ0v) is 12.8. The van der Waals surface area contributed by atoms with Gasteiger partial charge in [0.15, 0.2) is 0 Å². The van der Waals surface area contributed by atoms with Crippen molar-refractivity contribution in [1.29, 1.82) is 0 Å². The molecule has 0 N–H and O–H groups in total. The maximum absolute atomic E-state index is 4.23. The van der Waals surface area contributed by atoms with E-state index in [-0.39, 0.29) is 0 Å². The van der Waals surface area contributed by atoms with Gasteiger partial charge in [0.25, 0.3) is 0 Å². The number of hydrogen-bond donors (Lipinski definition) is 0. The highest BCUT2D eigenvalue weighted by atomic mass is 15.4. The van der Waals surface area contributed by atoms with E-state index in [9.17, 15) is 0 Å². The Bertz CT molecular complexity index is 723. The Morgan fingerprint density at radius 1 is 1.14 bits per heavy atom. The number of rotatable bonds is 6. The minimum Gasteiger partial charge on any atom is -0.346 e. The van der Waals surface area contributed by atoms with Gasteiger partial charge in [0.2, 0.25) is 0 Å². The Morgan fingerprint density at radius 3 is 2.90 bits per heavy atom. The molecule has 0 spiro atoms. The SMILES string of the molecule is CCCCc1cn(CCn2ccc3cc(C)ccc32)nn1. The molecule has 4 heteroatoms. The molecule has 2 aromatic heterocycles. The topological polar surface area (TPSA) is 35.6 Å². The molecule has 0 unspecified atom stereocenters. The molecule has 4 nitrogen and oxygen atoms in total. The van der Waals surface area contributed by atoms with Gasteiger partial charge in [-0.2, -0.15) is 0 Å². The highest BCUT2D eigenvalue weighted by molar-refractivity contribution is 5.80. The van der Waals surface area contributed by atoms with Crippen molar-refractivity contribution in [3.63, 3.8) is 0 Å². The maximum atomic E-state index is 4.23. The van der Waals surface area contributed by atoms with Gasteiger partial charge < -0.3 is 4.57 Å². The second kappa shape index (κ2) is 6.12. The summed E-state index contributed by atoms with van der Waals surface area (Å²) in [5.41, 5.74) is 3.69. The van der Waals surface area contributed by atoms with Gasteiger partial charge in [-0.05, 0) is 43.4 Å². The molecule has 21 heavy (non-hydrogen) atoms. The lowest BCUT2D eigenvalue weighted by Crippen LogP contribution is -2.07. The van der Waals surface area contributed by atoms with Crippen molar-refractivity contribution in [3.05, 3.63) is 47.9 Å². The molecule has 0 atom stereocenters. The van der Waals surface area contributed by atoms with Crippen molar-refractivity contribution in [2.45, 2.75) is 46.2 Å². The first-order chi connectivity index (χ1) is 10.3. The highest BCUT2D eigenvalue weighted by Gasteiger charge is 2.03. The molecule has 0 amide bonds. The predicted octanol–water partition coefficient (Wildman–Crippen LogP) is 3.58. The molecule has 0 fully saturated rings. The molecular weight excluding hydrogens is 260 g/mol. The fourth-order valence-corrected chi connectivity index (χ4v) is 2.65. The Labute approximate surface area is 125 Å². The summed E-state index contributed by atoms with van der Waals surface area (Å²) >= 11 is 0. The molecule has 2 heterocycles. The van der Waals surface area contributed by atoms with Gasteiger partial charge in [-0.15, -0.1) is 5.10 Å². The molecule has 0 aliphatic heterocycles. The van der Waals surface area contributed by atoms with Crippen LogP contribution in [0.4, 0.5) is 0 Å². The normalized spacial score (nSPS) is 11.3. The average molecular weight is 282 g/mol. The zero-order valence-electron chi connectivity index (χ0n) is 12.8. The van der Waals surface area contributed by atoms with E-state index in [0.29, 0.717) is 0 Å². The van der Waals surface area contributed by atoms with E-state index < -0.39 is 0 Å². The fourth-order valence-electron chi connectivity index (χ4n) is 2.65. The van der Waals surface area contributed by atoms with Crippen molar-refractivity contribution < 1.29 is 0 Å². The summed E-state index contributed by atoms with van der Waals surface area (Å²) in [6.07, 6.45) is 7.63. The van der Waals surface area contributed by atoms with Gasteiger partial charge >= 0.3 is 0 Å². The lowest BCUT2D eigenvalue weighted by molar-refractivity contribution is 0.527. The average Bonchev–Trinajstić information content (AvgIpc) is 3.09. The van der Waals surface area contributed by atoms with Gasteiger partial charge in [0.1, 0.15) is 0 Å². The summed E-state index contributed by atoms with van der Waals surface area (Å²) < 4.78 is 4.23. The lowest BCUT2D eigenvalue weighted by atomic mass is 10.2. The molecule has 0 bridgehead atoms. The van der Waals surface area contributed by atoms with Gasteiger partial charge in [0, 0.05) is 24.5 Å². The summed E-state index contributed by atoms with van der Waals surface area (Å²) in [5, 5.41) is 9.75. The third-order valence-electron chi connectivity index (χ3n) is 3.87. The van der Waals surface area contributed by atoms with E-state index >= 15 is 0 Å². The Kier molecular flexibility index (Phi) is 4.04. The Morgan fingerprint density at radius 2 is 2.05 bits per heavy atom. The molecular formula is C17H22N4. The molecule has 0 saturated heterocycles. The second-order valence-corrected chi connectivity index (χ2v) is 5.65. The number of fused-ring (bicyclic) bond motifs is 1. The van der Waals surface area contributed by atoms with Crippen molar-refractivity contribution in [2.75, 3.05) is 0 Å². The zero-order chi connectivity index (χ0) is 14.7. The van der Waals surface area contributed by atoms with E-state index in [0.717, 1.165) is 25.2 Å². The minimum absolute atomic E-state index is 0.858. The van der Waals surface area contributed by atoms with Crippen LogP contribution in [0.1, 0.15) is 31.0 Å². The largest absolute Gasteiger partial charge is 0.346 e. The second-order valence-electron chi connectivity index (χ2n) is 5.65. The van der Waals surface area contributed by atoms with Crippen LogP contribution in [0.25, 0.3) is 10.9 Å². The summed E-state index contributed by atoms with van der Waals surface area (Å²) in [6.45, 7) is 6.10. The van der Waals surface area contributed by atoms with E-state index in [1.807, 2.05) is 4.68 Å². The maximum Gasteiger partial charge on any atom is 0.0827 e. The summed E-state index contributed by atoms with van der Waals surface area (Å²) in [7, 11) is 0. The number of nitrogens with zero attached hydrogens (tertiary/aromatic N) is 4. The molecule has 3 aromatic rings. The number of unbranched alkanes of at least 4 members (excludes halogenated alkanes) is 1. The smallest absolute Gasteiger partial charge is 0.0827 e. The third kappa shape index (κ3) is 3.15. The van der Waals surface area contributed by atoms with E-state index in [4.69, 9.17) is 0 Å². The molecule has 0 aliphatic carbocycles. The standard InChI is InChI=1S/C17H22N4/c1-3-4-5-16-13-21(19-18-16)11-10-20-9-8-15-12-14(2)6-7-17(15)20/h6-9,12-13H,3-5,10-11H2,1-2H3. The van der Waals surface area contributed by atoms with Gasteiger partial charge in [0.05, 0.1) is 12.2 Å². The third-order valence-corrected chi connectivity index (χ3v) is 3.87. The van der Waals surface area contributed by atoms with Crippen LogP contribution in [-0.4, -0.2) is 19.6 Å². The molecule has 3 rings (SSSR count). The van der Waals surface area contributed by atoms with Crippen LogP contribution >= 0.6 is 0 Å². The summed E-state index contributed by atoms with van der Waals surface area (Å²) in [6, 6.07) is 8.76. The van der Waals surface area contributed by atoms with Gasteiger partial charge in [-0.25, -0.2) is 0 Å². The Balaban J connectivity index is 1.67. The number of benzene rings is 1. The van der Waals surface area contributed by atoms with Crippen molar-refractivity contribution in [2.24, 2.45) is 0 Å². The molecule has 0 saturated carbocycles. The first kappa shape index (κ1) is 13.9. The summed E-state index contributed by atoms with van der Waals surface area (Å²) in [5.74, 6) is 0. The number of hydrogen-bond acceptors (Lipinski definition) is 2. The van der Waals surface area contributed by atoms with E-state index in [1.165, 1.54) is 29.3 Å². The fraction of sp³-hybridized carbons (Fsp3) is 0.412. The molecule has 1 aromatic carbocycles. The van der Waals surface area contributed by atoms with E-state index in [1.54, 1.807) is 0 Å². The first-order valence-corrected chi connectivity index (χ1v) is 7.71. The first-order valence-electron chi connectivity index (χ1n) is 7.71. The highest BCUT2D eigenvalue weighted by Crippen LogP contribution is 2.17. The minimum atomic E-state index is 0.858. The van der Waals surface area contributed by atoms with Crippen LogP contribution in [0.3, 0.4) is 0 Å². The van der Waals surface area contributed by atoms with Crippen LogP contribution in [0, 0.1) is 6.92 Å². The van der Waals surface area contributed by atoms with Crippen molar-refractivity contribution in [3.8, 4) is 0 Å². The van der Waals surface area contributed by atoms with Gasteiger partial charge in [-0.1, -0.05) is 30.2 Å². The van der Waals surface area contributed by atoms with E-state index in [2.05, 4.69) is 65.4 Å². The van der Waals surface area contributed by atoms with Crippen molar-refractivity contribution >= 4 is 10.9 Å². The number of aromatic nitrogens is 4. The quantitative estimate of drug-likeness (QED) is 0.692. The summed E-state index contributed by atoms with van der Waals surface area (Å²) in [4.78, 5) is 0. The van der Waals surface area contributed by atoms with Crippen LogP contribution in [0.5, 0.6) is 0 Å². The molecule has 0 aliphatic rings. The van der Waals surface area contributed by atoms with Crippen LogP contribution in [0.2, 0.25) is 0 Å². The predicted molar refractivity (Wildman–Crippen MR) is 85.3 cm³/mol. The molecule has 0 radical (unpaired) electrons. The monoisotopic (exact) mass is 282 g/mol. The Hall–Kier alpha value is -2.10. The van der Waals surface area contributed by atoms with Crippen molar-refractivity contribution in [1.82, 2.24) is 19.6 Å². The van der Waals surface area contributed by atoms with Crippen LogP contribution in [-0.2, 0) is 19.5 Å². The molecule has 110 valence electrons.